The molecule has 1 aromatic rings. The van der Waals surface area contributed by atoms with Gasteiger partial charge >= 0.3 is 5.97 Å². The maximum Gasteiger partial charge on any atom is 0.331 e. The largest absolute Gasteiger partial charge is 0.452 e. The van der Waals surface area contributed by atoms with Gasteiger partial charge in [-0.3, -0.25) is 4.79 Å². The smallest absolute Gasteiger partial charge is 0.331 e. The summed E-state index contributed by atoms with van der Waals surface area (Å²) in [4.78, 5) is 22.3. The molecule has 5 nitrogen and oxygen atoms in total. The Morgan fingerprint density at radius 1 is 1.56 bits per heavy atom. The van der Waals surface area contributed by atoms with Crippen LogP contribution in [0.1, 0.15) is 5.76 Å². The van der Waals surface area contributed by atoms with Crippen LogP contribution in [0.5, 0.6) is 0 Å². The lowest BCUT2D eigenvalue weighted by atomic mass is 10.4. The van der Waals surface area contributed by atoms with Crippen LogP contribution in [0.25, 0.3) is 6.08 Å². The number of halogens is 1. The summed E-state index contributed by atoms with van der Waals surface area (Å²) in [6.07, 6.45) is 7.55. The van der Waals surface area contributed by atoms with Crippen molar-refractivity contribution in [1.29, 1.82) is 0 Å². The van der Waals surface area contributed by atoms with Crippen LogP contribution in [0.2, 0.25) is 0 Å². The highest BCUT2D eigenvalue weighted by molar-refractivity contribution is 9.10. The monoisotopic (exact) mass is 311 g/mol. The fourth-order valence-electron chi connectivity index (χ4n) is 0.953. The molecule has 0 aromatic carbocycles. The molecule has 1 heterocycles. The molecule has 0 spiro atoms. The quantitative estimate of drug-likeness (QED) is 0.506. The lowest BCUT2D eigenvalue weighted by Gasteiger charge is -2.01. The summed E-state index contributed by atoms with van der Waals surface area (Å²) in [7, 11) is 0. The van der Waals surface area contributed by atoms with E-state index in [2.05, 4.69) is 31.9 Å². The minimum Gasteiger partial charge on any atom is -0.452 e. The lowest BCUT2D eigenvalue weighted by molar-refractivity contribution is -0.143. The third-order valence-electron chi connectivity index (χ3n) is 1.71. The third-order valence-corrected chi connectivity index (χ3v) is 2.14. The number of ether oxygens (including phenoxy) is 1. The first-order valence-electron chi connectivity index (χ1n) is 4.92. The number of terminal acetylenes is 1. The summed E-state index contributed by atoms with van der Waals surface area (Å²) >= 11 is 3.13. The van der Waals surface area contributed by atoms with Crippen LogP contribution in [-0.2, 0) is 14.3 Å². The maximum absolute atomic E-state index is 11.2. The van der Waals surface area contributed by atoms with Crippen molar-refractivity contribution in [3.63, 3.8) is 0 Å². The molecule has 0 bridgehead atoms. The Morgan fingerprint density at radius 3 is 2.94 bits per heavy atom. The van der Waals surface area contributed by atoms with Gasteiger partial charge in [0.2, 0.25) is 0 Å². The molecule has 0 fully saturated rings. The number of hydrogen-bond donors (Lipinski definition) is 1. The van der Waals surface area contributed by atoms with E-state index in [1.807, 2.05) is 0 Å². The molecule has 0 atom stereocenters. The SMILES string of the molecule is C#CCNC(=O)COC(=O)/C=C/c1ccc(Br)o1. The molecule has 1 rings (SSSR count). The van der Waals surface area contributed by atoms with E-state index in [9.17, 15) is 9.59 Å². The van der Waals surface area contributed by atoms with E-state index in [-0.39, 0.29) is 13.2 Å². The van der Waals surface area contributed by atoms with E-state index >= 15 is 0 Å². The fourth-order valence-corrected chi connectivity index (χ4v) is 1.27. The number of rotatable bonds is 5. The third kappa shape index (κ3) is 5.37. The van der Waals surface area contributed by atoms with E-state index in [1.54, 1.807) is 12.1 Å². The summed E-state index contributed by atoms with van der Waals surface area (Å²) in [5.74, 6) is 1.64. The predicted molar refractivity (Wildman–Crippen MR) is 68.2 cm³/mol. The van der Waals surface area contributed by atoms with Gasteiger partial charge in [0.1, 0.15) is 5.76 Å². The molecule has 94 valence electrons. The van der Waals surface area contributed by atoms with Gasteiger partial charge in [0.15, 0.2) is 11.3 Å². The van der Waals surface area contributed by atoms with Gasteiger partial charge < -0.3 is 14.5 Å². The van der Waals surface area contributed by atoms with Crippen molar-refractivity contribution in [2.45, 2.75) is 0 Å². The summed E-state index contributed by atoms with van der Waals surface area (Å²) in [5, 5.41) is 2.36. The summed E-state index contributed by atoms with van der Waals surface area (Å²) < 4.78 is 10.4. The number of nitrogens with one attached hydrogen (secondary N) is 1. The van der Waals surface area contributed by atoms with Crippen molar-refractivity contribution < 1.29 is 18.7 Å². The zero-order valence-corrected chi connectivity index (χ0v) is 10.9. The van der Waals surface area contributed by atoms with Crippen molar-refractivity contribution in [3.8, 4) is 12.3 Å². The Balaban J connectivity index is 2.32. The van der Waals surface area contributed by atoms with Gasteiger partial charge in [0, 0.05) is 6.08 Å². The molecule has 0 aliphatic rings. The van der Waals surface area contributed by atoms with Crippen LogP contribution in [0, 0.1) is 12.3 Å². The van der Waals surface area contributed by atoms with E-state index in [0.29, 0.717) is 10.4 Å². The molecule has 1 amide bonds. The van der Waals surface area contributed by atoms with Crippen LogP contribution in [0.15, 0.2) is 27.3 Å². The second-order valence-corrected chi connectivity index (χ2v) is 3.85. The van der Waals surface area contributed by atoms with Crippen molar-refractivity contribution in [3.05, 3.63) is 28.6 Å². The van der Waals surface area contributed by atoms with Gasteiger partial charge in [0.05, 0.1) is 6.54 Å². The molecule has 0 aliphatic carbocycles. The van der Waals surface area contributed by atoms with E-state index in [1.165, 1.54) is 12.2 Å². The summed E-state index contributed by atoms with van der Waals surface area (Å²) in [5.41, 5.74) is 0. The highest BCUT2D eigenvalue weighted by atomic mass is 79.9. The molecule has 1 N–H and O–H groups in total. The molecule has 6 heteroatoms. The summed E-state index contributed by atoms with van der Waals surface area (Å²) in [6, 6.07) is 3.37. The highest BCUT2D eigenvalue weighted by Gasteiger charge is 2.04. The molecule has 18 heavy (non-hydrogen) atoms. The number of amides is 1. The Labute approximate surface area is 112 Å². The number of hydrogen-bond acceptors (Lipinski definition) is 4. The van der Waals surface area contributed by atoms with Crippen LogP contribution < -0.4 is 5.32 Å². The molecular formula is C12H10BrNO4. The first kappa shape index (κ1) is 14.1. The molecule has 0 aliphatic heterocycles. The second kappa shape index (κ2) is 7.35. The topological polar surface area (TPSA) is 68.5 Å². The van der Waals surface area contributed by atoms with Crippen LogP contribution in [0.3, 0.4) is 0 Å². The van der Waals surface area contributed by atoms with Gasteiger partial charge in [-0.05, 0) is 34.1 Å². The average Bonchev–Trinajstić information content (AvgIpc) is 2.77. The van der Waals surface area contributed by atoms with Crippen LogP contribution in [0.4, 0.5) is 0 Å². The zero-order chi connectivity index (χ0) is 13.4. The number of esters is 1. The Kier molecular flexibility index (Phi) is 5.74. The highest BCUT2D eigenvalue weighted by Crippen LogP contribution is 2.14. The van der Waals surface area contributed by atoms with Crippen molar-refractivity contribution >= 4 is 33.9 Å². The van der Waals surface area contributed by atoms with Gasteiger partial charge in [0.25, 0.3) is 5.91 Å². The van der Waals surface area contributed by atoms with Gasteiger partial charge in [-0.25, -0.2) is 4.79 Å². The zero-order valence-electron chi connectivity index (χ0n) is 9.31. The van der Waals surface area contributed by atoms with Gasteiger partial charge in [-0.15, -0.1) is 6.42 Å². The number of furan rings is 1. The van der Waals surface area contributed by atoms with Crippen molar-refractivity contribution in [2.24, 2.45) is 0 Å². The molecule has 0 saturated carbocycles. The lowest BCUT2D eigenvalue weighted by Crippen LogP contribution is -2.28. The first-order valence-corrected chi connectivity index (χ1v) is 5.71. The average molecular weight is 312 g/mol. The van der Waals surface area contributed by atoms with E-state index in [0.717, 1.165) is 0 Å². The van der Waals surface area contributed by atoms with Gasteiger partial charge in [-0.2, -0.15) is 0 Å². The Hall–Kier alpha value is -2.00. The second-order valence-electron chi connectivity index (χ2n) is 3.06. The minimum absolute atomic E-state index is 0.104. The predicted octanol–water partition coefficient (Wildman–Crippen LogP) is 1.35. The Bertz CT molecular complexity index is 498. The van der Waals surface area contributed by atoms with Crippen molar-refractivity contribution in [1.82, 2.24) is 5.32 Å². The minimum atomic E-state index is -0.640. The first-order chi connectivity index (χ1) is 8.61. The summed E-state index contributed by atoms with van der Waals surface area (Å²) in [6.45, 7) is -0.265. The molecular weight excluding hydrogens is 302 g/mol. The van der Waals surface area contributed by atoms with E-state index in [4.69, 9.17) is 10.8 Å². The molecule has 1 aromatic heterocycles. The van der Waals surface area contributed by atoms with Gasteiger partial charge in [-0.1, -0.05) is 5.92 Å². The molecule has 0 radical (unpaired) electrons. The molecule has 0 unspecified atom stereocenters. The normalized spacial score (nSPS) is 10.0. The number of carbonyl (C=O) groups is 2. The standard InChI is InChI=1S/C12H10BrNO4/c1-2-7-14-11(15)8-17-12(16)6-4-9-3-5-10(13)18-9/h1,3-6H,7-8H2,(H,14,15)/b6-4+. The Morgan fingerprint density at radius 2 is 2.33 bits per heavy atom. The van der Waals surface area contributed by atoms with Crippen LogP contribution in [-0.4, -0.2) is 25.0 Å². The maximum atomic E-state index is 11.2. The van der Waals surface area contributed by atoms with Crippen molar-refractivity contribution in [2.75, 3.05) is 13.2 Å². The molecule has 0 saturated heterocycles. The van der Waals surface area contributed by atoms with Crippen LogP contribution >= 0.6 is 15.9 Å². The fraction of sp³-hybridized carbons (Fsp3) is 0.167. The van der Waals surface area contributed by atoms with E-state index < -0.39 is 11.9 Å². The number of carbonyl (C=O) groups excluding carboxylic acids is 2.